The van der Waals surface area contributed by atoms with E-state index in [0.29, 0.717) is 12.0 Å². The average molecular weight is 253 g/mol. The van der Waals surface area contributed by atoms with Gasteiger partial charge in [-0.05, 0) is 25.7 Å². The SMILES string of the molecule is CN=C(NCCC1=CCOCC1)NC(C)C(C)C. The van der Waals surface area contributed by atoms with Crippen molar-refractivity contribution < 1.29 is 4.74 Å². The van der Waals surface area contributed by atoms with Crippen LogP contribution in [0.1, 0.15) is 33.6 Å². The van der Waals surface area contributed by atoms with Crippen molar-refractivity contribution >= 4 is 5.96 Å². The maximum atomic E-state index is 5.29. The van der Waals surface area contributed by atoms with Gasteiger partial charge in [0.1, 0.15) is 0 Å². The Morgan fingerprint density at radius 1 is 1.44 bits per heavy atom. The van der Waals surface area contributed by atoms with Crippen LogP contribution in [-0.4, -0.2) is 38.8 Å². The van der Waals surface area contributed by atoms with E-state index in [-0.39, 0.29) is 0 Å². The summed E-state index contributed by atoms with van der Waals surface area (Å²) in [5.74, 6) is 1.49. The zero-order chi connectivity index (χ0) is 13.4. The van der Waals surface area contributed by atoms with Gasteiger partial charge in [-0.15, -0.1) is 0 Å². The number of hydrogen-bond donors (Lipinski definition) is 2. The summed E-state index contributed by atoms with van der Waals surface area (Å²) in [4.78, 5) is 4.24. The van der Waals surface area contributed by atoms with Gasteiger partial charge in [0.05, 0.1) is 13.2 Å². The minimum atomic E-state index is 0.429. The molecular weight excluding hydrogens is 226 g/mol. The molecule has 4 nitrogen and oxygen atoms in total. The molecule has 1 heterocycles. The maximum Gasteiger partial charge on any atom is 0.191 e. The van der Waals surface area contributed by atoms with Crippen molar-refractivity contribution in [1.29, 1.82) is 0 Å². The number of guanidine groups is 1. The van der Waals surface area contributed by atoms with E-state index in [1.54, 1.807) is 0 Å². The predicted octanol–water partition coefficient (Wildman–Crippen LogP) is 1.93. The monoisotopic (exact) mass is 253 g/mol. The van der Waals surface area contributed by atoms with Crippen molar-refractivity contribution in [3.63, 3.8) is 0 Å². The first-order valence-corrected chi connectivity index (χ1v) is 6.86. The van der Waals surface area contributed by atoms with E-state index in [1.165, 1.54) is 5.57 Å². The van der Waals surface area contributed by atoms with Crippen LogP contribution in [0.4, 0.5) is 0 Å². The number of ether oxygens (including phenoxy) is 1. The van der Waals surface area contributed by atoms with Crippen LogP contribution >= 0.6 is 0 Å². The van der Waals surface area contributed by atoms with Gasteiger partial charge >= 0.3 is 0 Å². The molecule has 0 aromatic rings. The fourth-order valence-electron chi connectivity index (χ4n) is 1.71. The summed E-state index contributed by atoms with van der Waals surface area (Å²) in [7, 11) is 1.82. The third kappa shape index (κ3) is 5.54. The summed E-state index contributed by atoms with van der Waals surface area (Å²) in [6, 6.07) is 0.429. The maximum absolute atomic E-state index is 5.29. The van der Waals surface area contributed by atoms with Gasteiger partial charge in [-0.2, -0.15) is 0 Å². The molecule has 0 aromatic heterocycles. The molecule has 0 fully saturated rings. The van der Waals surface area contributed by atoms with Crippen LogP contribution in [0.3, 0.4) is 0 Å². The Balaban J connectivity index is 2.25. The Bertz CT molecular complexity index is 297. The highest BCUT2D eigenvalue weighted by Gasteiger charge is 2.09. The summed E-state index contributed by atoms with van der Waals surface area (Å²) in [6.45, 7) is 9.15. The second-order valence-electron chi connectivity index (χ2n) is 5.11. The van der Waals surface area contributed by atoms with Crippen LogP contribution in [0.25, 0.3) is 0 Å². The Morgan fingerprint density at radius 3 is 2.78 bits per heavy atom. The van der Waals surface area contributed by atoms with Gasteiger partial charge < -0.3 is 15.4 Å². The molecule has 0 radical (unpaired) electrons. The lowest BCUT2D eigenvalue weighted by atomic mass is 10.1. The second-order valence-corrected chi connectivity index (χ2v) is 5.11. The molecule has 0 bridgehead atoms. The largest absolute Gasteiger partial charge is 0.377 e. The van der Waals surface area contributed by atoms with Crippen LogP contribution in [0.15, 0.2) is 16.6 Å². The number of rotatable bonds is 5. The van der Waals surface area contributed by atoms with Gasteiger partial charge in [0.25, 0.3) is 0 Å². The highest BCUT2D eigenvalue weighted by molar-refractivity contribution is 5.79. The van der Waals surface area contributed by atoms with Gasteiger partial charge in [0, 0.05) is 19.6 Å². The van der Waals surface area contributed by atoms with E-state index in [4.69, 9.17) is 4.74 Å². The lowest BCUT2D eigenvalue weighted by molar-refractivity contribution is 0.153. The predicted molar refractivity (Wildman–Crippen MR) is 76.9 cm³/mol. The Kier molecular flexibility index (Phi) is 6.80. The molecule has 18 heavy (non-hydrogen) atoms. The fourth-order valence-corrected chi connectivity index (χ4v) is 1.71. The quantitative estimate of drug-likeness (QED) is 0.447. The highest BCUT2D eigenvalue weighted by Crippen LogP contribution is 2.10. The van der Waals surface area contributed by atoms with Crippen LogP contribution in [0.2, 0.25) is 0 Å². The first-order valence-electron chi connectivity index (χ1n) is 6.86. The van der Waals surface area contributed by atoms with E-state index < -0.39 is 0 Å². The first-order chi connectivity index (χ1) is 8.63. The smallest absolute Gasteiger partial charge is 0.191 e. The lowest BCUT2D eigenvalue weighted by Gasteiger charge is -2.21. The third-order valence-corrected chi connectivity index (χ3v) is 3.38. The molecule has 1 atom stereocenters. The third-order valence-electron chi connectivity index (χ3n) is 3.38. The molecular formula is C14H27N3O. The minimum Gasteiger partial charge on any atom is -0.377 e. The van der Waals surface area contributed by atoms with Crippen molar-refractivity contribution in [2.45, 2.75) is 39.7 Å². The minimum absolute atomic E-state index is 0.429. The molecule has 0 amide bonds. The van der Waals surface area contributed by atoms with E-state index in [2.05, 4.69) is 42.5 Å². The molecule has 2 N–H and O–H groups in total. The van der Waals surface area contributed by atoms with Gasteiger partial charge in [-0.3, -0.25) is 4.99 Å². The normalized spacial score (nSPS) is 18.5. The van der Waals surface area contributed by atoms with Crippen LogP contribution in [0, 0.1) is 5.92 Å². The van der Waals surface area contributed by atoms with Crippen LogP contribution in [-0.2, 0) is 4.74 Å². The van der Waals surface area contributed by atoms with E-state index in [1.807, 2.05) is 7.05 Å². The fraction of sp³-hybridized carbons (Fsp3) is 0.786. The average Bonchev–Trinajstić information content (AvgIpc) is 2.38. The topological polar surface area (TPSA) is 45.7 Å². The zero-order valence-electron chi connectivity index (χ0n) is 12.1. The van der Waals surface area contributed by atoms with Crippen molar-refractivity contribution in [1.82, 2.24) is 10.6 Å². The lowest BCUT2D eigenvalue weighted by Crippen LogP contribution is -2.44. The molecule has 1 aliphatic rings. The second kappa shape index (κ2) is 8.14. The summed E-state index contributed by atoms with van der Waals surface area (Å²) in [5, 5.41) is 6.76. The van der Waals surface area contributed by atoms with Gasteiger partial charge in [-0.25, -0.2) is 0 Å². The molecule has 0 spiro atoms. The summed E-state index contributed by atoms with van der Waals surface area (Å²) in [6.07, 6.45) is 4.33. The summed E-state index contributed by atoms with van der Waals surface area (Å²) >= 11 is 0. The van der Waals surface area contributed by atoms with Crippen molar-refractivity contribution in [2.24, 2.45) is 10.9 Å². The number of nitrogens with zero attached hydrogens (tertiary/aromatic N) is 1. The molecule has 0 aliphatic carbocycles. The Morgan fingerprint density at radius 2 is 2.22 bits per heavy atom. The van der Waals surface area contributed by atoms with Crippen molar-refractivity contribution in [3.05, 3.63) is 11.6 Å². The molecule has 1 unspecified atom stereocenters. The molecule has 0 aromatic carbocycles. The van der Waals surface area contributed by atoms with E-state index in [9.17, 15) is 0 Å². The summed E-state index contributed by atoms with van der Waals surface area (Å²) < 4.78 is 5.29. The molecule has 104 valence electrons. The Labute approximate surface area is 111 Å². The van der Waals surface area contributed by atoms with E-state index in [0.717, 1.165) is 38.6 Å². The number of nitrogens with one attached hydrogen (secondary N) is 2. The van der Waals surface area contributed by atoms with Gasteiger partial charge in [0.15, 0.2) is 5.96 Å². The summed E-state index contributed by atoms with van der Waals surface area (Å²) in [5.41, 5.74) is 1.49. The van der Waals surface area contributed by atoms with Crippen molar-refractivity contribution in [3.8, 4) is 0 Å². The zero-order valence-corrected chi connectivity index (χ0v) is 12.1. The van der Waals surface area contributed by atoms with E-state index >= 15 is 0 Å². The van der Waals surface area contributed by atoms with Crippen LogP contribution < -0.4 is 10.6 Å². The first kappa shape index (κ1) is 15.0. The standard InChI is InChI=1S/C14H27N3O/c1-11(2)12(3)17-14(15-4)16-8-5-13-6-9-18-10-7-13/h6,11-12H,5,7-10H2,1-4H3,(H2,15,16,17). The van der Waals surface area contributed by atoms with Gasteiger partial charge in [0.2, 0.25) is 0 Å². The molecule has 1 aliphatic heterocycles. The molecule has 4 heteroatoms. The molecule has 0 saturated heterocycles. The Hall–Kier alpha value is -1.03. The molecule has 0 saturated carbocycles. The van der Waals surface area contributed by atoms with Crippen LogP contribution in [0.5, 0.6) is 0 Å². The number of aliphatic imine (C=N–C) groups is 1. The number of hydrogen-bond acceptors (Lipinski definition) is 2. The van der Waals surface area contributed by atoms with Crippen molar-refractivity contribution in [2.75, 3.05) is 26.8 Å². The molecule has 1 rings (SSSR count). The highest BCUT2D eigenvalue weighted by atomic mass is 16.5. The van der Waals surface area contributed by atoms with Gasteiger partial charge in [-0.1, -0.05) is 25.5 Å².